The summed E-state index contributed by atoms with van der Waals surface area (Å²) in [5.74, 6) is 0. The number of hydrogen-bond acceptors (Lipinski definition) is 2. The number of hydrogen-bond donors (Lipinski definition) is 0. The van der Waals surface area contributed by atoms with Crippen molar-refractivity contribution in [3.05, 3.63) is 81.3 Å². The van der Waals surface area contributed by atoms with Crippen LogP contribution in [0.3, 0.4) is 0 Å². The number of rotatable bonds is 3. The number of ether oxygens (including phenoxy) is 1. The van der Waals surface area contributed by atoms with Gasteiger partial charge in [0.1, 0.15) is 6.61 Å². The van der Waals surface area contributed by atoms with E-state index in [1.807, 2.05) is 54.6 Å². The number of halogens is 2. The molecule has 0 spiro atoms. The molecule has 0 saturated carbocycles. The fourth-order valence-corrected chi connectivity index (χ4v) is 3.36. The van der Waals surface area contributed by atoms with E-state index in [9.17, 15) is 4.79 Å². The number of benzene rings is 2. The van der Waals surface area contributed by atoms with E-state index in [-0.39, 0.29) is 18.7 Å². The fraction of sp³-hybridized carbons (Fsp3) is 0.211. The lowest BCUT2D eigenvalue weighted by molar-refractivity contribution is 0.0859. The van der Waals surface area contributed by atoms with Crippen molar-refractivity contribution in [2.45, 2.75) is 19.1 Å². The van der Waals surface area contributed by atoms with Gasteiger partial charge in [0.25, 0.3) is 0 Å². The van der Waals surface area contributed by atoms with Crippen LogP contribution in [0.15, 0.2) is 65.2 Å². The summed E-state index contributed by atoms with van der Waals surface area (Å²) in [5.41, 5.74) is 1.92. The molecule has 5 heteroatoms. The summed E-state index contributed by atoms with van der Waals surface area (Å²) in [5, 5.41) is 0.643. The summed E-state index contributed by atoms with van der Waals surface area (Å²) in [4.78, 5) is 14.3. The van der Waals surface area contributed by atoms with Crippen molar-refractivity contribution in [2.24, 2.45) is 0 Å². The van der Waals surface area contributed by atoms with E-state index in [4.69, 9.17) is 16.3 Å². The Bertz CT molecular complexity index is 748. The summed E-state index contributed by atoms with van der Waals surface area (Å²) in [6, 6.07) is 15.1. The van der Waals surface area contributed by atoms with Crippen LogP contribution in [0.1, 0.15) is 23.6 Å². The predicted molar refractivity (Wildman–Crippen MR) is 99.0 cm³/mol. The molecule has 1 aliphatic rings. The van der Waals surface area contributed by atoms with Gasteiger partial charge >= 0.3 is 6.09 Å². The number of carbonyl (C=O) groups excluding carboxylic acids is 1. The highest BCUT2D eigenvalue weighted by molar-refractivity contribution is 9.10. The summed E-state index contributed by atoms with van der Waals surface area (Å²) in [6.45, 7) is 0.886. The maximum absolute atomic E-state index is 12.6. The molecule has 1 atom stereocenters. The molecule has 2 aromatic rings. The van der Waals surface area contributed by atoms with Crippen LogP contribution in [0.4, 0.5) is 4.79 Å². The van der Waals surface area contributed by atoms with Crippen LogP contribution < -0.4 is 0 Å². The second-order valence-electron chi connectivity index (χ2n) is 5.56. The molecular formula is C19H17BrClNO2. The molecule has 0 fully saturated rings. The molecule has 2 aromatic carbocycles. The van der Waals surface area contributed by atoms with Gasteiger partial charge in [0.15, 0.2) is 0 Å². The Kier molecular flexibility index (Phi) is 5.59. The largest absolute Gasteiger partial charge is 0.445 e. The Morgan fingerprint density at radius 2 is 2.04 bits per heavy atom. The Labute approximate surface area is 155 Å². The number of nitrogens with zero attached hydrogens (tertiary/aromatic N) is 1. The zero-order valence-electron chi connectivity index (χ0n) is 13.0. The van der Waals surface area contributed by atoms with E-state index in [0.717, 1.165) is 22.0 Å². The van der Waals surface area contributed by atoms with E-state index in [2.05, 4.69) is 22.0 Å². The SMILES string of the molecule is O=C(OCc1ccccc1)N1CCC=CC1c1cc(Cl)ccc1Br. The third kappa shape index (κ3) is 4.00. The van der Waals surface area contributed by atoms with Gasteiger partial charge in [-0.15, -0.1) is 0 Å². The second-order valence-corrected chi connectivity index (χ2v) is 6.85. The van der Waals surface area contributed by atoms with Crippen LogP contribution in [0.2, 0.25) is 5.02 Å². The number of amides is 1. The molecule has 124 valence electrons. The third-order valence-electron chi connectivity index (χ3n) is 3.91. The van der Waals surface area contributed by atoms with Gasteiger partial charge < -0.3 is 4.74 Å². The molecule has 0 aromatic heterocycles. The highest BCUT2D eigenvalue weighted by atomic mass is 79.9. The van der Waals surface area contributed by atoms with Gasteiger partial charge in [0.05, 0.1) is 6.04 Å². The summed E-state index contributed by atoms with van der Waals surface area (Å²) in [6.07, 6.45) is 4.60. The van der Waals surface area contributed by atoms with E-state index in [1.165, 1.54) is 0 Å². The zero-order valence-corrected chi connectivity index (χ0v) is 15.3. The average Bonchev–Trinajstić information content (AvgIpc) is 2.62. The average molecular weight is 407 g/mol. The molecular weight excluding hydrogens is 390 g/mol. The van der Waals surface area contributed by atoms with Crippen LogP contribution in [-0.2, 0) is 11.3 Å². The summed E-state index contributed by atoms with van der Waals surface area (Å²) < 4.78 is 6.41. The monoisotopic (exact) mass is 405 g/mol. The minimum Gasteiger partial charge on any atom is -0.445 e. The van der Waals surface area contributed by atoms with Gasteiger partial charge in [-0.1, -0.05) is 70.0 Å². The minimum absolute atomic E-state index is 0.185. The van der Waals surface area contributed by atoms with Crippen molar-refractivity contribution in [3.8, 4) is 0 Å². The molecule has 1 amide bonds. The predicted octanol–water partition coefficient (Wildman–Crippen LogP) is 5.74. The Morgan fingerprint density at radius 1 is 1.25 bits per heavy atom. The molecule has 3 rings (SSSR count). The van der Waals surface area contributed by atoms with Gasteiger partial charge in [0.2, 0.25) is 0 Å². The Balaban J connectivity index is 1.76. The van der Waals surface area contributed by atoms with Gasteiger partial charge in [-0.3, -0.25) is 4.90 Å². The first-order valence-electron chi connectivity index (χ1n) is 7.74. The molecule has 1 aliphatic heterocycles. The fourth-order valence-electron chi connectivity index (χ4n) is 2.70. The standard InChI is InChI=1S/C19H17BrClNO2/c20-17-10-9-15(21)12-16(17)18-8-4-5-11-22(18)19(23)24-13-14-6-2-1-3-7-14/h1-4,6-10,12,18H,5,11,13H2. The van der Waals surface area contributed by atoms with Crippen molar-refractivity contribution >= 4 is 33.6 Å². The van der Waals surface area contributed by atoms with Crippen LogP contribution in [0.5, 0.6) is 0 Å². The smallest absolute Gasteiger partial charge is 0.410 e. The topological polar surface area (TPSA) is 29.5 Å². The highest BCUT2D eigenvalue weighted by Gasteiger charge is 2.27. The summed E-state index contributed by atoms with van der Waals surface area (Å²) >= 11 is 9.67. The van der Waals surface area contributed by atoms with Crippen molar-refractivity contribution < 1.29 is 9.53 Å². The first-order valence-corrected chi connectivity index (χ1v) is 8.91. The van der Waals surface area contributed by atoms with Gasteiger partial charge in [-0.25, -0.2) is 4.79 Å². The van der Waals surface area contributed by atoms with Gasteiger partial charge in [0, 0.05) is 16.0 Å². The molecule has 3 nitrogen and oxygen atoms in total. The lowest BCUT2D eigenvalue weighted by Gasteiger charge is -2.32. The second kappa shape index (κ2) is 7.86. The molecule has 0 radical (unpaired) electrons. The quantitative estimate of drug-likeness (QED) is 0.608. The van der Waals surface area contributed by atoms with Crippen LogP contribution in [0, 0.1) is 0 Å². The third-order valence-corrected chi connectivity index (χ3v) is 4.86. The minimum atomic E-state index is -0.319. The highest BCUT2D eigenvalue weighted by Crippen LogP contribution is 2.33. The van der Waals surface area contributed by atoms with Crippen LogP contribution in [-0.4, -0.2) is 17.5 Å². The Morgan fingerprint density at radius 3 is 2.83 bits per heavy atom. The van der Waals surface area contributed by atoms with Crippen molar-refractivity contribution in [1.29, 1.82) is 0 Å². The van der Waals surface area contributed by atoms with Crippen LogP contribution in [0.25, 0.3) is 0 Å². The molecule has 0 aliphatic carbocycles. The first kappa shape index (κ1) is 17.1. The maximum atomic E-state index is 12.6. The zero-order chi connectivity index (χ0) is 16.9. The molecule has 1 heterocycles. The van der Waals surface area contributed by atoms with Gasteiger partial charge in [-0.2, -0.15) is 0 Å². The van der Waals surface area contributed by atoms with Crippen molar-refractivity contribution in [1.82, 2.24) is 4.90 Å². The lowest BCUT2D eigenvalue weighted by atomic mass is 10.0. The van der Waals surface area contributed by atoms with Crippen LogP contribution >= 0.6 is 27.5 Å². The van der Waals surface area contributed by atoms with E-state index in [0.29, 0.717) is 11.6 Å². The lowest BCUT2D eigenvalue weighted by Crippen LogP contribution is -2.37. The molecule has 0 N–H and O–H groups in total. The molecule has 0 saturated heterocycles. The van der Waals surface area contributed by atoms with Gasteiger partial charge in [-0.05, 0) is 35.7 Å². The van der Waals surface area contributed by atoms with E-state index < -0.39 is 0 Å². The molecule has 24 heavy (non-hydrogen) atoms. The number of carbonyl (C=O) groups is 1. The van der Waals surface area contributed by atoms with E-state index >= 15 is 0 Å². The normalized spacial score (nSPS) is 16.9. The van der Waals surface area contributed by atoms with Crippen molar-refractivity contribution in [2.75, 3.05) is 6.54 Å². The van der Waals surface area contributed by atoms with E-state index in [1.54, 1.807) is 4.90 Å². The Hall–Kier alpha value is -1.78. The molecule has 1 unspecified atom stereocenters. The summed E-state index contributed by atoms with van der Waals surface area (Å²) in [7, 11) is 0. The maximum Gasteiger partial charge on any atom is 0.410 e. The first-order chi connectivity index (χ1) is 11.6. The van der Waals surface area contributed by atoms with Crippen molar-refractivity contribution in [3.63, 3.8) is 0 Å². The molecule has 0 bridgehead atoms.